The zero-order valence-electron chi connectivity index (χ0n) is 11.7. The van der Waals surface area contributed by atoms with Crippen LogP contribution in [-0.2, 0) is 26.7 Å². The third kappa shape index (κ3) is 2.33. The molecule has 3 aromatic heterocycles. The molecule has 0 aromatic carbocycles. The molecule has 4 heterocycles. The first-order chi connectivity index (χ1) is 10.3. The summed E-state index contributed by atoms with van der Waals surface area (Å²) in [6.45, 7) is 3.29. The van der Waals surface area contributed by atoms with Crippen LogP contribution in [0.3, 0.4) is 0 Å². The van der Waals surface area contributed by atoms with Crippen molar-refractivity contribution in [1.29, 1.82) is 0 Å². The van der Waals surface area contributed by atoms with Crippen LogP contribution in [0, 0.1) is 0 Å². The number of nitrogens with zero attached hydrogens (tertiary/aromatic N) is 7. The molecule has 0 aliphatic carbocycles. The molecule has 0 saturated heterocycles. The molecule has 4 rings (SSSR count). The largest absolute Gasteiger partial charge is 0.359 e. The summed E-state index contributed by atoms with van der Waals surface area (Å²) in [6, 6.07) is 1.97. The van der Waals surface area contributed by atoms with Crippen LogP contribution in [0.5, 0.6) is 0 Å². The normalized spacial score (nSPS) is 15.3. The predicted molar refractivity (Wildman–Crippen MR) is 72.8 cm³/mol. The molecule has 8 heteroatoms. The van der Waals surface area contributed by atoms with Crippen LogP contribution in [0.15, 0.2) is 29.3 Å². The van der Waals surface area contributed by atoms with Gasteiger partial charge in [-0.2, -0.15) is 10.2 Å². The van der Waals surface area contributed by atoms with Crippen molar-refractivity contribution in [1.82, 2.24) is 34.6 Å². The van der Waals surface area contributed by atoms with Gasteiger partial charge in [-0.3, -0.25) is 9.58 Å². The number of aromatic nitrogens is 6. The van der Waals surface area contributed by atoms with Crippen molar-refractivity contribution in [3.05, 3.63) is 36.4 Å². The van der Waals surface area contributed by atoms with E-state index in [0.717, 1.165) is 49.0 Å². The molecule has 0 spiro atoms. The monoisotopic (exact) mass is 285 g/mol. The highest BCUT2D eigenvalue weighted by Crippen LogP contribution is 2.20. The first-order valence-electron chi connectivity index (χ1n) is 6.81. The maximum Gasteiger partial charge on any atom is 0.151 e. The van der Waals surface area contributed by atoms with Gasteiger partial charge in [0.2, 0.25) is 0 Å². The van der Waals surface area contributed by atoms with Gasteiger partial charge in [0.15, 0.2) is 5.76 Å². The summed E-state index contributed by atoms with van der Waals surface area (Å²) in [7, 11) is 1.88. The fourth-order valence-electron chi connectivity index (χ4n) is 2.54. The maximum absolute atomic E-state index is 5.43. The molecule has 8 nitrogen and oxygen atoms in total. The Kier molecular flexibility index (Phi) is 2.81. The van der Waals surface area contributed by atoms with Gasteiger partial charge < -0.3 is 4.52 Å². The molecule has 0 saturated carbocycles. The van der Waals surface area contributed by atoms with Crippen molar-refractivity contribution in [3.8, 4) is 11.3 Å². The second-order valence-electron chi connectivity index (χ2n) is 5.19. The van der Waals surface area contributed by atoms with Gasteiger partial charge in [0.1, 0.15) is 17.8 Å². The number of hydrogen-bond donors (Lipinski definition) is 0. The summed E-state index contributed by atoms with van der Waals surface area (Å²) < 4.78 is 9.12. The lowest BCUT2D eigenvalue weighted by atomic mass is 10.2. The summed E-state index contributed by atoms with van der Waals surface area (Å²) in [5.41, 5.74) is 1.78. The Morgan fingerprint density at radius 1 is 1.29 bits per heavy atom. The van der Waals surface area contributed by atoms with E-state index in [9.17, 15) is 0 Å². The number of rotatable bonds is 3. The lowest BCUT2D eigenvalue weighted by Crippen LogP contribution is -2.33. The Labute approximate surface area is 121 Å². The van der Waals surface area contributed by atoms with Gasteiger partial charge >= 0.3 is 0 Å². The second kappa shape index (κ2) is 4.81. The predicted octanol–water partition coefficient (Wildman–Crippen LogP) is 0.682. The number of hydrogen-bond acceptors (Lipinski definition) is 6. The van der Waals surface area contributed by atoms with E-state index >= 15 is 0 Å². The van der Waals surface area contributed by atoms with Crippen LogP contribution in [0.25, 0.3) is 11.3 Å². The van der Waals surface area contributed by atoms with Crippen LogP contribution in [0.1, 0.15) is 11.6 Å². The number of aryl methyl sites for hydroxylation is 1. The minimum atomic E-state index is 0.722. The molecule has 108 valence electrons. The highest BCUT2D eigenvalue weighted by Gasteiger charge is 2.19. The highest BCUT2D eigenvalue weighted by molar-refractivity contribution is 5.56. The molecule has 0 unspecified atom stereocenters. The zero-order valence-corrected chi connectivity index (χ0v) is 11.7. The van der Waals surface area contributed by atoms with Gasteiger partial charge in [0.05, 0.1) is 25.8 Å². The van der Waals surface area contributed by atoms with Crippen molar-refractivity contribution in [2.75, 3.05) is 6.54 Å². The minimum Gasteiger partial charge on any atom is -0.359 e. The average molecular weight is 285 g/mol. The van der Waals surface area contributed by atoms with Crippen LogP contribution in [-0.4, -0.2) is 41.1 Å². The molecular formula is C13H15N7O. The Morgan fingerprint density at radius 2 is 2.24 bits per heavy atom. The van der Waals surface area contributed by atoms with E-state index in [1.807, 2.05) is 24.0 Å². The Hall–Kier alpha value is -2.48. The molecule has 0 fully saturated rings. The van der Waals surface area contributed by atoms with Crippen LogP contribution in [0.2, 0.25) is 0 Å². The van der Waals surface area contributed by atoms with Crippen LogP contribution in [0.4, 0.5) is 0 Å². The molecule has 1 aliphatic heterocycles. The fourth-order valence-corrected chi connectivity index (χ4v) is 2.54. The van der Waals surface area contributed by atoms with Crippen molar-refractivity contribution >= 4 is 0 Å². The third-order valence-corrected chi connectivity index (χ3v) is 3.63. The Morgan fingerprint density at radius 3 is 3.10 bits per heavy atom. The summed E-state index contributed by atoms with van der Waals surface area (Å²) in [5, 5.41) is 12.4. The lowest BCUT2D eigenvalue weighted by molar-refractivity contribution is 0.181. The van der Waals surface area contributed by atoms with E-state index in [0.29, 0.717) is 0 Å². The van der Waals surface area contributed by atoms with Gasteiger partial charge in [-0.1, -0.05) is 5.16 Å². The van der Waals surface area contributed by atoms with Crippen LogP contribution >= 0.6 is 0 Å². The van der Waals surface area contributed by atoms with Crippen molar-refractivity contribution in [2.24, 2.45) is 7.05 Å². The molecule has 0 amide bonds. The number of fused-ring (bicyclic) bond motifs is 1. The molecule has 0 radical (unpaired) electrons. The Balaban J connectivity index is 1.47. The van der Waals surface area contributed by atoms with E-state index in [4.69, 9.17) is 4.52 Å². The molecule has 0 N–H and O–H groups in total. The summed E-state index contributed by atoms with van der Waals surface area (Å²) in [4.78, 5) is 6.53. The van der Waals surface area contributed by atoms with Gasteiger partial charge in [-0.15, -0.1) is 0 Å². The molecule has 0 bridgehead atoms. The molecule has 1 aliphatic rings. The van der Waals surface area contributed by atoms with Gasteiger partial charge in [-0.05, 0) is 0 Å². The van der Waals surface area contributed by atoms with E-state index in [2.05, 4.69) is 25.2 Å². The molecule has 0 atom stereocenters. The summed E-state index contributed by atoms with van der Waals surface area (Å²) >= 11 is 0. The third-order valence-electron chi connectivity index (χ3n) is 3.63. The Bertz CT molecular complexity index is 756. The topological polar surface area (TPSA) is 77.8 Å². The van der Waals surface area contributed by atoms with E-state index < -0.39 is 0 Å². The quantitative estimate of drug-likeness (QED) is 0.704. The zero-order chi connectivity index (χ0) is 14.2. The SMILES string of the molecule is Cn1cc(-c2cc(CN3CCn4ncnc4C3)on2)cn1. The molecule has 21 heavy (non-hydrogen) atoms. The second-order valence-corrected chi connectivity index (χ2v) is 5.19. The van der Waals surface area contributed by atoms with E-state index in [-0.39, 0.29) is 0 Å². The first-order valence-corrected chi connectivity index (χ1v) is 6.81. The van der Waals surface area contributed by atoms with E-state index in [1.165, 1.54) is 0 Å². The van der Waals surface area contributed by atoms with E-state index in [1.54, 1.807) is 17.2 Å². The summed E-state index contributed by atoms with van der Waals surface area (Å²) in [5.74, 6) is 1.84. The van der Waals surface area contributed by atoms with Crippen molar-refractivity contribution in [2.45, 2.75) is 19.6 Å². The maximum atomic E-state index is 5.43. The van der Waals surface area contributed by atoms with Gasteiger partial charge in [0.25, 0.3) is 0 Å². The smallest absolute Gasteiger partial charge is 0.151 e. The minimum absolute atomic E-state index is 0.722. The fraction of sp³-hybridized carbons (Fsp3) is 0.385. The van der Waals surface area contributed by atoms with Gasteiger partial charge in [0, 0.05) is 31.4 Å². The highest BCUT2D eigenvalue weighted by atomic mass is 16.5. The standard InChI is InChI=1S/C13H15N7O/c1-18-6-10(5-15-18)12-4-11(21-17-12)7-19-2-3-20-13(8-19)14-9-16-20/h4-6,9H,2-3,7-8H2,1H3. The molecule has 3 aromatic rings. The van der Waals surface area contributed by atoms with Gasteiger partial charge in [-0.25, -0.2) is 9.67 Å². The van der Waals surface area contributed by atoms with Crippen molar-refractivity contribution < 1.29 is 4.52 Å². The first kappa shape index (κ1) is 12.3. The van der Waals surface area contributed by atoms with Crippen LogP contribution < -0.4 is 0 Å². The van der Waals surface area contributed by atoms with Crippen molar-refractivity contribution in [3.63, 3.8) is 0 Å². The summed E-state index contributed by atoms with van der Waals surface area (Å²) in [6.07, 6.45) is 5.31. The molecular weight excluding hydrogens is 270 g/mol. The lowest BCUT2D eigenvalue weighted by Gasteiger charge is -2.25. The average Bonchev–Trinajstić information content (AvgIpc) is 3.18.